The van der Waals surface area contributed by atoms with Crippen molar-refractivity contribution >= 4 is 17.6 Å². The Hall–Kier alpha value is -1.30. The number of aliphatic carboxylic acids is 1. The predicted molar refractivity (Wildman–Crippen MR) is 61.4 cm³/mol. The number of carboxylic acids is 1. The van der Waals surface area contributed by atoms with Crippen LogP contribution >= 0.6 is 11.6 Å². The molecule has 0 amide bonds. The Labute approximate surface area is 104 Å². The number of carbonyl (C=O) groups is 1. The molecule has 1 atom stereocenters. The highest BCUT2D eigenvalue weighted by Gasteiger charge is 2.14. The van der Waals surface area contributed by atoms with E-state index < -0.39 is 18.7 Å². The third kappa shape index (κ3) is 4.22. The summed E-state index contributed by atoms with van der Waals surface area (Å²) < 4.78 is 9.86. The molecule has 1 aromatic rings. The number of benzene rings is 1. The average Bonchev–Trinajstić information content (AvgIpc) is 2.28. The largest absolute Gasteiger partial charge is 0.496 e. The van der Waals surface area contributed by atoms with Crippen LogP contribution in [0.2, 0.25) is 5.02 Å². The third-order valence-corrected chi connectivity index (χ3v) is 2.29. The lowest BCUT2D eigenvalue weighted by molar-refractivity contribution is -0.143. The molecule has 0 aromatic heterocycles. The zero-order valence-corrected chi connectivity index (χ0v) is 9.98. The maximum atomic E-state index is 10.2. The van der Waals surface area contributed by atoms with Gasteiger partial charge in [0.15, 0.2) is 0 Å². The number of ether oxygens (including phenoxy) is 2. The van der Waals surface area contributed by atoms with Crippen LogP contribution in [0.4, 0.5) is 0 Å². The molecule has 0 spiro atoms. The molecular formula is C11H13ClO5. The number of aliphatic hydroxyl groups is 1. The average molecular weight is 261 g/mol. The smallest absolute Gasteiger partial charge is 0.329 e. The molecule has 94 valence electrons. The normalized spacial score (nSPS) is 12.2. The summed E-state index contributed by atoms with van der Waals surface area (Å²) >= 11 is 5.80. The zero-order valence-electron chi connectivity index (χ0n) is 9.22. The van der Waals surface area contributed by atoms with Crippen molar-refractivity contribution in [2.24, 2.45) is 0 Å². The molecule has 0 aliphatic rings. The molecule has 0 saturated heterocycles. The highest BCUT2D eigenvalue weighted by molar-refractivity contribution is 6.30. The van der Waals surface area contributed by atoms with Crippen molar-refractivity contribution in [2.75, 3.05) is 20.3 Å². The van der Waals surface area contributed by atoms with E-state index in [4.69, 9.17) is 26.2 Å². The lowest BCUT2D eigenvalue weighted by Crippen LogP contribution is -2.13. The van der Waals surface area contributed by atoms with E-state index in [1.54, 1.807) is 18.2 Å². The van der Waals surface area contributed by atoms with Gasteiger partial charge >= 0.3 is 5.97 Å². The van der Waals surface area contributed by atoms with Crippen LogP contribution < -0.4 is 4.74 Å². The van der Waals surface area contributed by atoms with Crippen LogP contribution in [0.25, 0.3) is 0 Å². The van der Waals surface area contributed by atoms with E-state index in [1.807, 2.05) is 0 Å². The van der Waals surface area contributed by atoms with Gasteiger partial charge in [0.1, 0.15) is 18.5 Å². The van der Waals surface area contributed by atoms with Gasteiger partial charge in [-0.2, -0.15) is 0 Å². The SMILES string of the molecule is COc1ccc(Cl)cc1C(O)COCC(=O)O. The number of hydrogen-bond acceptors (Lipinski definition) is 4. The number of halogens is 1. The molecule has 0 bridgehead atoms. The van der Waals surface area contributed by atoms with Crippen molar-refractivity contribution in [3.63, 3.8) is 0 Å². The van der Waals surface area contributed by atoms with Crippen LogP contribution in [0.15, 0.2) is 18.2 Å². The highest BCUT2D eigenvalue weighted by Crippen LogP contribution is 2.28. The van der Waals surface area contributed by atoms with Crippen molar-refractivity contribution in [3.8, 4) is 5.75 Å². The van der Waals surface area contributed by atoms with Crippen LogP contribution in [-0.4, -0.2) is 36.5 Å². The third-order valence-electron chi connectivity index (χ3n) is 2.05. The van der Waals surface area contributed by atoms with Crippen LogP contribution in [-0.2, 0) is 9.53 Å². The first-order chi connectivity index (χ1) is 8.04. The van der Waals surface area contributed by atoms with Crippen molar-refractivity contribution in [2.45, 2.75) is 6.10 Å². The number of carboxylic acid groups (broad SMARTS) is 1. The van der Waals surface area contributed by atoms with E-state index in [0.29, 0.717) is 16.3 Å². The van der Waals surface area contributed by atoms with Gasteiger partial charge in [-0.15, -0.1) is 0 Å². The van der Waals surface area contributed by atoms with Gasteiger partial charge in [-0.25, -0.2) is 4.79 Å². The van der Waals surface area contributed by atoms with Gasteiger partial charge < -0.3 is 19.7 Å². The van der Waals surface area contributed by atoms with Crippen LogP contribution in [0.3, 0.4) is 0 Å². The van der Waals surface area contributed by atoms with Gasteiger partial charge in [0.05, 0.1) is 13.7 Å². The summed E-state index contributed by atoms with van der Waals surface area (Å²) in [4.78, 5) is 10.2. The van der Waals surface area contributed by atoms with Crippen molar-refractivity contribution < 1.29 is 24.5 Å². The summed E-state index contributed by atoms with van der Waals surface area (Å²) in [6.07, 6.45) is -0.983. The van der Waals surface area contributed by atoms with Gasteiger partial charge in [-0.1, -0.05) is 11.6 Å². The Morgan fingerprint density at radius 3 is 2.82 bits per heavy atom. The Bertz CT molecular complexity index is 393. The molecule has 0 fully saturated rings. The van der Waals surface area contributed by atoms with Gasteiger partial charge in [-0.05, 0) is 18.2 Å². The second-order valence-corrected chi connectivity index (χ2v) is 3.75. The minimum atomic E-state index is -1.09. The molecule has 0 aliphatic carbocycles. The first-order valence-electron chi connectivity index (χ1n) is 4.85. The van der Waals surface area contributed by atoms with E-state index in [2.05, 4.69) is 0 Å². The molecule has 6 heteroatoms. The molecule has 0 aliphatic heterocycles. The Kier molecular flexibility index (Phi) is 5.21. The van der Waals surface area contributed by atoms with E-state index in [1.165, 1.54) is 7.11 Å². The topological polar surface area (TPSA) is 76.0 Å². The van der Waals surface area contributed by atoms with Crippen LogP contribution in [0, 0.1) is 0 Å². The lowest BCUT2D eigenvalue weighted by atomic mass is 10.1. The standard InChI is InChI=1S/C11H13ClO5/c1-16-10-3-2-7(12)4-8(10)9(13)5-17-6-11(14)15/h2-4,9,13H,5-6H2,1H3,(H,14,15). The maximum Gasteiger partial charge on any atom is 0.329 e. The van der Waals surface area contributed by atoms with Gasteiger partial charge in [0.2, 0.25) is 0 Å². The van der Waals surface area contributed by atoms with Crippen LogP contribution in [0.5, 0.6) is 5.75 Å². The summed E-state index contributed by atoms with van der Waals surface area (Å²) in [6, 6.07) is 4.81. The van der Waals surface area contributed by atoms with Crippen molar-refractivity contribution in [1.29, 1.82) is 0 Å². The first-order valence-corrected chi connectivity index (χ1v) is 5.23. The van der Waals surface area contributed by atoms with Crippen molar-refractivity contribution in [1.82, 2.24) is 0 Å². The molecule has 17 heavy (non-hydrogen) atoms. The number of methoxy groups -OCH3 is 1. The van der Waals surface area contributed by atoms with Gasteiger partial charge in [0, 0.05) is 10.6 Å². The minimum absolute atomic E-state index is 0.136. The molecule has 1 rings (SSSR count). The minimum Gasteiger partial charge on any atom is -0.496 e. The second-order valence-electron chi connectivity index (χ2n) is 3.31. The Morgan fingerprint density at radius 2 is 2.24 bits per heavy atom. The number of aliphatic hydroxyl groups excluding tert-OH is 1. The summed E-state index contributed by atoms with van der Waals surface area (Å²) in [6.45, 7) is -0.594. The van der Waals surface area contributed by atoms with Gasteiger partial charge in [0.25, 0.3) is 0 Å². The van der Waals surface area contributed by atoms with Gasteiger partial charge in [-0.3, -0.25) is 0 Å². The molecule has 2 N–H and O–H groups in total. The lowest BCUT2D eigenvalue weighted by Gasteiger charge is -2.14. The zero-order chi connectivity index (χ0) is 12.8. The predicted octanol–water partition coefficient (Wildman–Crippen LogP) is 1.48. The van der Waals surface area contributed by atoms with E-state index >= 15 is 0 Å². The maximum absolute atomic E-state index is 10.2. The first kappa shape index (κ1) is 13.8. The fraction of sp³-hybridized carbons (Fsp3) is 0.364. The Balaban J connectivity index is 2.69. The van der Waals surface area contributed by atoms with E-state index in [-0.39, 0.29) is 6.61 Å². The molecule has 0 radical (unpaired) electrons. The fourth-order valence-corrected chi connectivity index (χ4v) is 1.49. The highest BCUT2D eigenvalue weighted by atomic mass is 35.5. The second kappa shape index (κ2) is 6.44. The van der Waals surface area contributed by atoms with E-state index in [0.717, 1.165) is 0 Å². The number of rotatable bonds is 6. The molecule has 0 heterocycles. The summed E-state index contributed by atoms with van der Waals surface area (Å²) in [7, 11) is 1.47. The number of hydrogen-bond donors (Lipinski definition) is 2. The van der Waals surface area contributed by atoms with Crippen molar-refractivity contribution in [3.05, 3.63) is 28.8 Å². The summed E-state index contributed by atoms with van der Waals surface area (Å²) in [5.41, 5.74) is 0.463. The molecule has 1 unspecified atom stereocenters. The quantitative estimate of drug-likeness (QED) is 0.810. The monoisotopic (exact) mass is 260 g/mol. The molecule has 0 saturated carbocycles. The molecule has 5 nitrogen and oxygen atoms in total. The summed E-state index contributed by atoms with van der Waals surface area (Å²) in [5.74, 6) is -0.615. The van der Waals surface area contributed by atoms with Crippen LogP contribution in [0.1, 0.15) is 11.7 Å². The molecular weight excluding hydrogens is 248 g/mol. The van der Waals surface area contributed by atoms with E-state index in [9.17, 15) is 9.90 Å². The fourth-order valence-electron chi connectivity index (χ4n) is 1.31. The molecule has 1 aromatic carbocycles. The Morgan fingerprint density at radius 1 is 1.53 bits per heavy atom. The summed E-state index contributed by atoms with van der Waals surface area (Å²) in [5, 5.41) is 18.7.